The molecule has 0 spiro atoms. The highest BCUT2D eigenvalue weighted by molar-refractivity contribution is 7.89. The topological polar surface area (TPSA) is 97.7 Å². The van der Waals surface area contributed by atoms with Gasteiger partial charge in [0.05, 0.1) is 6.61 Å². The lowest BCUT2D eigenvalue weighted by Gasteiger charge is -2.23. The van der Waals surface area contributed by atoms with E-state index in [9.17, 15) is 18.0 Å². The van der Waals surface area contributed by atoms with Crippen LogP contribution < -0.4 is 5.32 Å². The van der Waals surface area contributed by atoms with Crippen LogP contribution >= 0.6 is 0 Å². The minimum Gasteiger partial charge on any atom is -0.461 e. The Labute approximate surface area is 176 Å². The molecule has 1 aromatic carbocycles. The summed E-state index contributed by atoms with van der Waals surface area (Å²) in [4.78, 5) is 24.9. The fourth-order valence-electron chi connectivity index (χ4n) is 3.78. The van der Waals surface area contributed by atoms with Gasteiger partial charge in [-0.3, -0.25) is 4.79 Å². The molecule has 1 atom stereocenters. The van der Waals surface area contributed by atoms with E-state index in [1.807, 2.05) is 32.0 Å². The van der Waals surface area contributed by atoms with Gasteiger partial charge in [0.15, 0.2) is 0 Å². The molecule has 1 saturated heterocycles. The predicted octanol–water partition coefficient (Wildman–Crippen LogP) is 2.61. The molecule has 1 aromatic heterocycles. The van der Waals surface area contributed by atoms with E-state index in [0.717, 1.165) is 11.1 Å². The van der Waals surface area contributed by atoms with Crippen molar-refractivity contribution in [1.82, 2.24) is 8.87 Å². The Morgan fingerprint density at radius 1 is 1.17 bits per heavy atom. The summed E-state index contributed by atoms with van der Waals surface area (Å²) in [6.45, 7) is 5.99. The fraction of sp³-hybridized carbons (Fsp3) is 0.429. The summed E-state index contributed by atoms with van der Waals surface area (Å²) in [5.74, 6) is -0.949. The molecule has 30 heavy (non-hydrogen) atoms. The lowest BCUT2D eigenvalue weighted by Crippen LogP contribution is -2.43. The molecule has 0 saturated carbocycles. The Morgan fingerprint density at radius 3 is 2.47 bits per heavy atom. The van der Waals surface area contributed by atoms with Crippen LogP contribution in [0.25, 0.3) is 0 Å². The van der Waals surface area contributed by atoms with Crippen molar-refractivity contribution in [2.75, 3.05) is 18.5 Å². The number of esters is 1. The van der Waals surface area contributed by atoms with Crippen molar-refractivity contribution in [3.05, 3.63) is 47.3 Å². The van der Waals surface area contributed by atoms with E-state index in [1.165, 1.54) is 21.1 Å². The Balaban J connectivity index is 1.84. The summed E-state index contributed by atoms with van der Waals surface area (Å²) in [7, 11) is -2.36. The quantitative estimate of drug-likeness (QED) is 0.706. The van der Waals surface area contributed by atoms with Gasteiger partial charge >= 0.3 is 5.97 Å². The van der Waals surface area contributed by atoms with Crippen LogP contribution in [-0.2, 0) is 26.6 Å². The molecule has 162 valence electrons. The monoisotopic (exact) mass is 433 g/mol. The zero-order valence-electron chi connectivity index (χ0n) is 17.6. The third-order valence-electron chi connectivity index (χ3n) is 5.07. The van der Waals surface area contributed by atoms with E-state index in [0.29, 0.717) is 18.5 Å². The van der Waals surface area contributed by atoms with Gasteiger partial charge in [-0.2, -0.15) is 4.31 Å². The van der Waals surface area contributed by atoms with E-state index >= 15 is 0 Å². The Hall–Kier alpha value is -2.65. The number of hydrogen-bond acceptors (Lipinski definition) is 5. The molecule has 1 unspecified atom stereocenters. The van der Waals surface area contributed by atoms with Crippen LogP contribution in [-0.4, -0.2) is 48.4 Å². The van der Waals surface area contributed by atoms with Crippen LogP contribution in [0.2, 0.25) is 0 Å². The van der Waals surface area contributed by atoms with Crippen LogP contribution in [0.3, 0.4) is 0 Å². The summed E-state index contributed by atoms with van der Waals surface area (Å²) in [5.41, 5.74) is 2.81. The number of nitrogens with one attached hydrogen (secondary N) is 1. The minimum absolute atomic E-state index is 0.0286. The number of anilines is 1. The zero-order chi connectivity index (χ0) is 22.1. The highest BCUT2D eigenvalue weighted by atomic mass is 32.2. The molecule has 1 amide bonds. The summed E-state index contributed by atoms with van der Waals surface area (Å²) in [6, 6.07) is 6.19. The van der Waals surface area contributed by atoms with Crippen molar-refractivity contribution >= 4 is 27.6 Å². The van der Waals surface area contributed by atoms with Gasteiger partial charge in [0, 0.05) is 25.5 Å². The predicted molar refractivity (Wildman–Crippen MR) is 113 cm³/mol. The maximum absolute atomic E-state index is 13.2. The van der Waals surface area contributed by atoms with Crippen molar-refractivity contribution in [3.63, 3.8) is 0 Å². The van der Waals surface area contributed by atoms with Gasteiger partial charge in [0.2, 0.25) is 15.9 Å². The first-order valence-electron chi connectivity index (χ1n) is 9.88. The molecule has 0 aliphatic carbocycles. The van der Waals surface area contributed by atoms with Gasteiger partial charge in [-0.1, -0.05) is 6.07 Å². The standard InChI is InChI=1S/C21H27N3O5S/c1-5-29-21(26)19-12-17(13-23(19)4)30(27,28)24-8-6-7-18(24)20(25)22-16-10-14(2)9-15(3)11-16/h9-13,18H,5-8H2,1-4H3,(H,22,25). The molecule has 1 fully saturated rings. The van der Waals surface area contributed by atoms with Gasteiger partial charge < -0.3 is 14.6 Å². The fourth-order valence-corrected chi connectivity index (χ4v) is 5.51. The molecule has 0 radical (unpaired) electrons. The van der Waals surface area contributed by atoms with Crippen LogP contribution in [0.4, 0.5) is 5.69 Å². The number of aromatic nitrogens is 1. The molecule has 8 nitrogen and oxygen atoms in total. The second-order valence-electron chi connectivity index (χ2n) is 7.53. The van der Waals surface area contributed by atoms with Crippen LogP contribution in [0.5, 0.6) is 0 Å². The molecule has 3 rings (SSSR count). The number of aryl methyl sites for hydroxylation is 3. The van der Waals surface area contributed by atoms with Crippen molar-refractivity contribution in [2.24, 2.45) is 7.05 Å². The lowest BCUT2D eigenvalue weighted by molar-refractivity contribution is -0.119. The summed E-state index contributed by atoms with van der Waals surface area (Å²) >= 11 is 0. The number of nitrogens with zero attached hydrogens (tertiary/aromatic N) is 2. The SMILES string of the molecule is CCOC(=O)c1cc(S(=O)(=O)N2CCCC2C(=O)Nc2cc(C)cc(C)c2)cn1C. The first kappa shape index (κ1) is 22.0. The van der Waals surface area contributed by atoms with E-state index in [4.69, 9.17) is 4.74 Å². The van der Waals surface area contributed by atoms with Crippen molar-refractivity contribution in [1.29, 1.82) is 0 Å². The van der Waals surface area contributed by atoms with Crippen LogP contribution in [0, 0.1) is 13.8 Å². The highest BCUT2D eigenvalue weighted by Crippen LogP contribution is 2.28. The molecule has 1 aliphatic heterocycles. The average molecular weight is 434 g/mol. The molecular weight excluding hydrogens is 406 g/mol. The van der Waals surface area contributed by atoms with E-state index in [1.54, 1.807) is 14.0 Å². The normalized spacial score (nSPS) is 17.1. The van der Waals surface area contributed by atoms with E-state index in [2.05, 4.69) is 5.32 Å². The number of ether oxygens (including phenoxy) is 1. The molecule has 2 heterocycles. The average Bonchev–Trinajstić information content (AvgIpc) is 3.28. The number of amides is 1. The largest absolute Gasteiger partial charge is 0.461 e. The second kappa shape index (κ2) is 8.61. The maximum atomic E-state index is 13.2. The van der Waals surface area contributed by atoms with Crippen molar-refractivity contribution in [3.8, 4) is 0 Å². The maximum Gasteiger partial charge on any atom is 0.354 e. The Morgan fingerprint density at radius 2 is 1.83 bits per heavy atom. The molecule has 1 aliphatic rings. The number of benzene rings is 1. The highest BCUT2D eigenvalue weighted by Gasteiger charge is 2.40. The van der Waals surface area contributed by atoms with Crippen molar-refractivity contribution in [2.45, 2.75) is 44.6 Å². The minimum atomic E-state index is -3.95. The second-order valence-corrected chi connectivity index (χ2v) is 9.42. The van der Waals surface area contributed by atoms with Crippen LogP contribution in [0.15, 0.2) is 35.4 Å². The van der Waals surface area contributed by atoms with E-state index < -0.39 is 22.0 Å². The molecule has 2 aromatic rings. The Bertz CT molecular complexity index is 1050. The molecule has 9 heteroatoms. The first-order valence-corrected chi connectivity index (χ1v) is 11.3. The molecule has 1 N–H and O–H groups in total. The lowest BCUT2D eigenvalue weighted by atomic mass is 10.1. The number of rotatable bonds is 6. The number of hydrogen-bond donors (Lipinski definition) is 1. The smallest absolute Gasteiger partial charge is 0.354 e. The van der Waals surface area contributed by atoms with Gasteiger partial charge in [-0.25, -0.2) is 13.2 Å². The number of carbonyl (C=O) groups is 2. The van der Waals surface area contributed by atoms with Gasteiger partial charge in [-0.05, 0) is 62.9 Å². The summed E-state index contributed by atoms with van der Waals surface area (Å²) in [5, 5.41) is 2.85. The summed E-state index contributed by atoms with van der Waals surface area (Å²) < 4.78 is 34.1. The van der Waals surface area contributed by atoms with Gasteiger partial charge in [0.25, 0.3) is 0 Å². The zero-order valence-corrected chi connectivity index (χ0v) is 18.5. The third-order valence-corrected chi connectivity index (χ3v) is 6.94. The summed E-state index contributed by atoms with van der Waals surface area (Å²) in [6.07, 6.45) is 2.40. The third kappa shape index (κ3) is 4.41. The van der Waals surface area contributed by atoms with Crippen molar-refractivity contribution < 1.29 is 22.7 Å². The van der Waals surface area contributed by atoms with Crippen LogP contribution in [0.1, 0.15) is 41.4 Å². The Kier molecular flexibility index (Phi) is 6.33. The van der Waals surface area contributed by atoms with E-state index in [-0.39, 0.29) is 29.6 Å². The van der Waals surface area contributed by atoms with Gasteiger partial charge in [0.1, 0.15) is 16.6 Å². The molecule has 0 bridgehead atoms. The molecular formula is C21H27N3O5S. The number of sulfonamides is 1. The number of carbonyl (C=O) groups excluding carboxylic acids is 2. The van der Waals surface area contributed by atoms with Gasteiger partial charge in [-0.15, -0.1) is 0 Å². The first-order chi connectivity index (χ1) is 14.1.